The van der Waals surface area contributed by atoms with E-state index in [0.717, 1.165) is 18.4 Å². The number of carbonyl (C=O) groups excluding carboxylic acids is 1. The van der Waals surface area contributed by atoms with Crippen molar-refractivity contribution in [1.82, 2.24) is 10.3 Å². The fourth-order valence-electron chi connectivity index (χ4n) is 3.20. The molecule has 33 heavy (non-hydrogen) atoms. The minimum absolute atomic E-state index is 0.0187. The minimum Gasteiger partial charge on any atom is -0.356 e. The molecule has 1 aromatic heterocycles. The Hall–Kier alpha value is -2.71. The lowest BCUT2D eigenvalue weighted by Gasteiger charge is -2.20. The van der Waals surface area contributed by atoms with Gasteiger partial charge in [-0.1, -0.05) is 24.3 Å². The molecule has 1 aromatic carbocycles. The number of nitrogens with one attached hydrogen (secondary N) is 2. The number of rotatable bonds is 10. The smallest absolute Gasteiger partial charge is 0.271 e. The number of aromatic nitrogens is 1. The van der Waals surface area contributed by atoms with Gasteiger partial charge in [-0.15, -0.1) is 0 Å². The van der Waals surface area contributed by atoms with Gasteiger partial charge in [-0.25, -0.2) is 22.6 Å². The van der Waals surface area contributed by atoms with E-state index < -0.39 is 28.0 Å². The first-order valence-electron chi connectivity index (χ1n) is 10.2. The molecule has 0 aliphatic carbocycles. The average molecular weight is 484 g/mol. The second kappa shape index (κ2) is 10.5. The number of alkyl halides is 4. The summed E-state index contributed by atoms with van der Waals surface area (Å²) >= 11 is 5.90. The molecule has 2 N–H and O–H groups in total. The van der Waals surface area contributed by atoms with Crippen molar-refractivity contribution in [2.24, 2.45) is 4.99 Å². The van der Waals surface area contributed by atoms with E-state index in [9.17, 15) is 22.4 Å². The van der Waals surface area contributed by atoms with Crippen LogP contribution < -0.4 is 5.32 Å². The van der Waals surface area contributed by atoms with Crippen molar-refractivity contribution in [1.29, 1.82) is 0 Å². The van der Waals surface area contributed by atoms with Crippen molar-refractivity contribution >= 4 is 29.3 Å². The Morgan fingerprint density at radius 1 is 1.18 bits per heavy atom. The van der Waals surface area contributed by atoms with Crippen LogP contribution in [-0.4, -0.2) is 30.6 Å². The summed E-state index contributed by atoms with van der Waals surface area (Å²) in [5.74, 6) is -6.91. The summed E-state index contributed by atoms with van der Waals surface area (Å²) in [7, 11) is 1.79. The van der Waals surface area contributed by atoms with Crippen LogP contribution in [-0.2, 0) is 18.3 Å². The zero-order valence-corrected chi connectivity index (χ0v) is 19.6. The van der Waals surface area contributed by atoms with Crippen LogP contribution in [0.3, 0.4) is 0 Å². The van der Waals surface area contributed by atoms with Gasteiger partial charge in [0, 0.05) is 54.8 Å². The highest BCUT2D eigenvalue weighted by Crippen LogP contribution is 2.42. The first-order chi connectivity index (χ1) is 15.3. The third-order valence-electron chi connectivity index (χ3n) is 4.89. The van der Waals surface area contributed by atoms with Crippen LogP contribution in [0.25, 0.3) is 5.70 Å². The quantitative estimate of drug-likeness (QED) is 0.230. The molecule has 0 bridgehead atoms. The molecule has 0 saturated carbocycles. The molecule has 0 aliphatic rings. The fourth-order valence-corrected chi connectivity index (χ4v) is 3.64. The monoisotopic (exact) mass is 483 g/mol. The zero-order chi connectivity index (χ0) is 25.0. The van der Waals surface area contributed by atoms with E-state index >= 15 is 0 Å². The Balaban J connectivity index is 2.62. The number of H-pyrrole nitrogens is 1. The summed E-state index contributed by atoms with van der Waals surface area (Å²) in [6.07, 6.45) is 4.61. The van der Waals surface area contributed by atoms with Gasteiger partial charge < -0.3 is 10.3 Å². The van der Waals surface area contributed by atoms with Gasteiger partial charge in [-0.05, 0) is 38.2 Å². The normalized spacial score (nSPS) is 13.1. The molecule has 0 spiro atoms. The largest absolute Gasteiger partial charge is 0.356 e. The number of carbonyl (C=O) groups is 1. The minimum atomic E-state index is -3.45. The maximum absolute atomic E-state index is 14.1. The molecule has 9 heteroatoms. The Labute approximate surface area is 195 Å². The third-order valence-corrected chi connectivity index (χ3v) is 5.30. The molecule has 0 atom stereocenters. The van der Waals surface area contributed by atoms with Crippen molar-refractivity contribution in [2.75, 3.05) is 13.6 Å². The van der Waals surface area contributed by atoms with Crippen molar-refractivity contribution in [3.63, 3.8) is 0 Å². The van der Waals surface area contributed by atoms with E-state index in [0.29, 0.717) is 49.5 Å². The van der Waals surface area contributed by atoms with Crippen molar-refractivity contribution < 1.29 is 22.4 Å². The molecule has 0 aliphatic heterocycles. The molecule has 0 saturated heterocycles. The molecule has 2 aromatic rings. The topological polar surface area (TPSA) is 57.2 Å². The second-order valence-electron chi connectivity index (χ2n) is 7.69. The molecule has 178 valence electrons. The van der Waals surface area contributed by atoms with Crippen LogP contribution in [0.1, 0.15) is 59.2 Å². The maximum Gasteiger partial charge on any atom is 0.271 e. The van der Waals surface area contributed by atoms with Gasteiger partial charge in [0.2, 0.25) is 0 Å². The first kappa shape index (κ1) is 26.5. The first-order valence-corrected chi connectivity index (χ1v) is 10.5. The Bertz CT molecular complexity index is 1060. The molecule has 2 rings (SSSR count). The lowest BCUT2D eigenvalue weighted by atomic mass is 9.97. The van der Waals surface area contributed by atoms with Gasteiger partial charge in [-0.3, -0.25) is 4.79 Å². The van der Waals surface area contributed by atoms with Crippen LogP contribution in [0.15, 0.2) is 41.9 Å². The number of aromatic amines is 1. The molecule has 0 unspecified atom stereocenters. The van der Waals surface area contributed by atoms with Crippen molar-refractivity contribution in [3.8, 4) is 0 Å². The van der Waals surface area contributed by atoms with Gasteiger partial charge in [0.1, 0.15) is 0 Å². The molecular weight excluding hydrogens is 458 g/mol. The van der Waals surface area contributed by atoms with Crippen LogP contribution in [0.2, 0.25) is 5.02 Å². The standard InChI is InChI=1S/C24H26ClF4N3O/c1-6-7-20(21-12-16(13-33)19(32-21)8-9-30-5)31-14(2)15-10-17(23(3,26)27)22(25)18(11-15)24(4,28)29/h6-7,10-13,30,32H,2,8-9H2,1,3-5H3/b7-6-,31-20?. The average Bonchev–Trinajstić information content (AvgIpc) is 3.13. The molecule has 0 radical (unpaired) electrons. The number of hydrogen-bond acceptors (Lipinski definition) is 3. The van der Waals surface area contributed by atoms with Gasteiger partial charge in [-0.2, -0.15) is 0 Å². The van der Waals surface area contributed by atoms with E-state index in [1.54, 1.807) is 32.2 Å². The highest BCUT2D eigenvalue weighted by Gasteiger charge is 2.35. The van der Waals surface area contributed by atoms with Gasteiger partial charge in [0.15, 0.2) is 6.29 Å². The Kier molecular flexibility index (Phi) is 8.43. The van der Waals surface area contributed by atoms with Crippen LogP contribution in [0.5, 0.6) is 0 Å². The zero-order valence-electron chi connectivity index (χ0n) is 18.8. The highest BCUT2D eigenvalue weighted by atomic mass is 35.5. The van der Waals surface area contributed by atoms with Gasteiger partial charge >= 0.3 is 0 Å². The lowest BCUT2D eigenvalue weighted by Crippen LogP contribution is -2.15. The predicted octanol–water partition coefficient (Wildman–Crippen LogP) is 6.50. The SMILES string of the molecule is C=C(N=C(/C=C\C)c1cc(C=O)c(CCNC)[nH]1)c1cc(C(C)(F)F)c(Cl)c(C(C)(F)F)c1. The van der Waals surface area contributed by atoms with E-state index in [1.165, 1.54) is 0 Å². The maximum atomic E-state index is 14.1. The molecule has 1 heterocycles. The summed E-state index contributed by atoms with van der Waals surface area (Å²) in [6.45, 7) is 7.35. The van der Waals surface area contributed by atoms with E-state index in [2.05, 4.69) is 21.9 Å². The fraction of sp³-hybridized carbons (Fsp3) is 0.333. The summed E-state index contributed by atoms with van der Waals surface area (Å²) in [4.78, 5) is 19.0. The van der Waals surface area contributed by atoms with Gasteiger partial charge in [0.05, 0.1) is 22.1 Å². The molecule has 0 fully saturated rings. The number of aldehydes is 1. The summed E-state index contributed by atoms with van der Waals surface area (Å²) in [5.41, 5.74) is 0.491. The van der Waals surface area contributed by atoms with E-state index in [1.807, 2.05) is 0 Å². The van der Waals surface area contributed by atoms with Crippen molar-refractivity contribution in [3.05, 3.63) is 75.6 Å². The highest BCUT2D eigenvalue weighted by molar-refractivity contribution is 6.32. The number of allylic oxidation sites excluding steroid dienone is 2. The Morgan fingerprint density at radius 3 is 2.21 bits per heavy atom. The molecular formula is C24H26ClF4N3O. The third kappa shape index (κ3) is 6.42. The second-order valence-corrected chi connectivity index (χ2v) is 8.07. The van der Waals surface area contributed by atoms with Gasteiger partial charge in [0.25, 0.3) is 11.8 Å². The van der Waals surface area contributed by atoms with Crippen LogP contribution in [0, 0.1) is 0 Å². The number of benzene rings is 1. The summed E-state index contributed by atoms with van der Waals surface area (Å²) in [5, 5.41) is 2.30. The van der Waals surface area contributed by atoms with E-state index in [4.69, 9.17) is 11.6 Å². The summed E-state index contributed by atoms with van der Waals surface area (Å²) < 4.78 is 56.5. The number of hydrogen-bond donors (Lipinski definition) is 2. The van der Waals surface area contributed by atoms with Crippen molar-refractivity contribution in [2.45, 2.75) is 39.0 Å². The molecule has 0 amide bonds. The van der Waals surface area contributed by atoms with Crippen LogP contribution in [0.4, 0.5) is 17.6 Å². The lowest BCUT2D eigenvalue weighted by molar-refractivity contribution is 0.0107. The number of halogens is 5. The summed E-state index contributed by atoms with van der Waals surface area (Å²) in [6, 6.07) is 3.64. The van der Waals surface area contributed by atoms with Crippen LogP contribution >= 0.6 is 11.6 Å². The number of likely N-dealkylation sites (N-methyl/N-ethyl adjacent to an activating group) is 1. The number of nitrogens with zero attached hydrogens (tertiary/aromatic N) is 1. The Morgan fingerprint density at radius 2 is 1.76 bits per heavy atom. The number of aliphatic imine (C=N–C) groups is 1. The molecule has 4 nitrogen and oxygen atoms in total. The predicted molar refractivity (Wildman–Crippen MR) is 125 cm³/mol. The van der Waals surface area contributed by atoms with E-state index in [-0.39, 0.29) is 11.3 Å².